The lowest BCUT2D eigenvalue weighted by molar-refractivity contribution is -0.132. The molecule has 70 valence electrons. The molecule has 1 fully saturated rings. The van der Waals surface area contributed by atoms with Crippen LogP contribution in [0.4, 0.5) is 0 Å². The van der Waals surface area contributed by atoms with Crippen LogP contribution in [0.1, 0.15) is 13.3 Å². The Morgan fingerprint density at radius 2 is 2.42 bits per heavy atom. The molecule has 1 aliphatic heterocycles. The Morgan fingerprint density at radius 1 is 1.75 bits per heavy atom. The second kappa shape index (κ2) is 3.98. The molecule has 4 heteroatoms. The van der Waals surface area contributed by atoms with Crippen LogP contribution < -0.4 is 5.32 Å². The molecule has 0 radical (unpaired) electrons. The topological polar surface area (TPSA) is 58.6 Å². The number of Topliss-reactive ketones (excluding diaryl/α,β-unsaturated/α-hetero) is 1. The highest BCUT2D eigenvalue weighted by Crippen LogP contribution is 2.09. The zero-order chi connectivity index (χ0) is 9.14. The van der Waals surface area contributed by atoms with E-state index in [2.05, 4.69) is 5.32 Å². The number of nitrogens with one attached hydrogen (secondary N) is 1. The molecule has 0 aromatic carbocycles. The third kappa shape index (κ3) is 2.03. The molecule has 0 aromatic heterocycles. The number of aliphatic hydroxyl groups excluding tert-OH is 1. The van der Waals surface area contributed by atoms with Gasteiger partial charge in [0.1, 0.15) is 6.10 Å². The Balaban J connectivity index is 2.53. The number of ketones is 1. The fraction of sp³-hybridized carbons (Fsp3) is 0.875. The summed E-state index contributed by atoms with van der Waals surface area (Å²) >= 11 is 0. The second-order valence-electron chi connectivity index (χ2n) is 3.24. The van der Waals surface area contributed by atoms with Crippen molar-refractivity contribution in [3.05, 3.63) is 0 Å². The van der Waals surface area contributed by atoms with Crippen LogP contribution in [0, 0.1) is 0 Å². The Hall–Kier alpha value is -0.450. The first-order valence-corrected chi connectivity index (χ1v) is 4.11. The van der Waals surface area contributed by atoms with Gasteiger partial charge in [0.05, 0.1) is 12.6 Å². The summed E-state index contributed by atoms with van der Waals surface area (Å²) < 4.78 is 4.87. The average Bonchev–Trinajstić information content (AvgIpc) is 2.00. The van der Waals surface area contributed by atoms with Gasteiger partial charge in [0.15, 0.2) is 5.78 Å². The van der Waals surface area contributed by atoms with Crippen LogP contribution in [0.15, 0.2) is 0 Å². The summed E-state index contributed by atoms with van der Waals surface area (Å²) in [4.78, 5) is 11.1. The lowest BCUT2D eigenvalue weighted by Crippen LogP contribution is -2.56. The minimum atomic E-state index is -0.902. The predicted octanol–water partition coefficient (Wildman–Crippen LogP) is -0.687. The summed E-state index contributed by atoms with van der Waals surface area (Å²) in [5.74, 6) is -0.0942. The lowest BCUT2D eigenvalue weighted by atomic mass is 9.96. The van der Waals surface area contributed by atoms with Gasteiger partial charge in [-0.25, -0.2) is 0 Å². The molecule has 1 saturated heterocycles. The Kier molecular flexibility index (Phi) is 3.20. The first kappa shape index (κ1) is 9.64. The molecular weight excluding hydrogens is 158 g/mol. The van der Waals surface area contributed by atoms with Crippen molar-refractivity contribution < 1.29 is 14.6 Å². The number of carbonyl (C=O) groups excluding carboxylic acids is 1. The highest BCUT2D eigenvalue weighted by atomic mass is 16.5. The molecule has 0 spiro atoms. The summed E-state index contributed by atoms with van der Waals surface area (Å²) in [6.07, 6.45) is -0.498. The van der Waals surface area contributed by atoms with Crippen molar-refractivity contribution in [3.8, 4) is 0 Å². The van der Waals surface area contributed by atoms with Crippen LogP contribution in [0.3, 0.4) is 0 Å². The van der Waals surface area contributed by atoms with Crippen molar-refractivity contribution >= 4 is 5.78 Å². The maximum atomic E-state index is 11.1. The van der Waals surface area contributed by atoms with E-state index in [1.807, 2.05) is 6.92 Å². The van der Waals surface area contributed by atoms with Crippen molar-refractivity contribution in [1.29, 1.82) is 0 Å². The van der Waals surface area contributed by atoms with Gasteiger partial charge in [-0.3, -0.25) is 4.79 Å². The van der Waals surface area contributed by atoms with Gasteiger partial charge in [0, 0.05) is 19.6 Å². The number of methoxy groups -OCH3 is 1. The number of aliphatic hydroxyl groups is 1. The first-order valence-electron chi connectivity index (χ1n) is 4.11. The van der Waals surface area contributed by atoms with E-state index >= 15 is 0 Å². The van der Waals surface area contributed by atoms with Crippen LogP contribution in [0.2, 0.25) is 0 Å². The molecule has 1 rings (SSSR count). The molecule has 3 unspecified atom stereocenters. The molecular formula is C8H15NO3. The van der Waals surface area contributed by atoms with Gasteiger partial charge in [0.2, 0.25) is 0 Å². The number of carbonyl (C=O) groups is 1. The maximum absolute atomic E-state index is 11.1. The SMILES string of the molecule is COCC1NC(C)CC(=O)C1O. The van der Waals surface area contributed by atoms with Crippen molar-refractivity contribution in [1.82, 2.24) is 5.32 Å². The summed E-state index contributed by atoms with van der Waals surface area (Å²) in [6.45, 7) is 2.30. The molecule has 0 amide bonds. The van der Waals surface area contributed by atoms with E-state index in [1.165, 1.54) is 0 Å². The van der Waals surface area contributed by atoms with Gasteiger partial charge >= 0.3 is 0 Å². The Labute approximate surface area is 71.9 Å². The van der Waals surface area contributed by atoms with Gasteiger partial charge in [0.25, 0.3) is 0 Å². The average molecular weight is 173 g/mol. The highest BCUT2D eigenvalue weighted by Gasteiger charge is 2.32. The number of hydrogen-bond acceptors (Lipinski definition) is 4. The normalized spacial score (nSPS) is 36.9. The molecule has 0 aromatic rings. The largest absolute Gasteiger partial charge is 0.384 e. The van der Waals surface area contributed by atoms with E-state index in [9.17, 15) is 9.90 Å². The molecule has 1 aliphatic rings. The van der Waals surface area contributed by atoms with Crippen LogP contribution in [0.5, 0.6) is 0 Å². The lowest BCUT2D eigenvalue weighted by Gasteiger charge is -2.31. The monoisotopic (exact) mass is 173 g/mol. The zero-order valence-corrected chi connectivity index (χ0v) is 7.41. The van der Waals surface area contributed by atoms with E-state index in [0.29, 0.717) is 13.0 Å². The minimum absolute atomic E-state index is 0.0942. The minimum Gasteiger partial charge on any atom is -0.384 e. The molecule has 2 N–H and O–H groups in total. The van der Waals surface area contributed by atoms with Gasteiger partial charge in [-0.2, -0.15) is 0 Å². The van der Waals surface area contributed by atoms with Gasteiger partial charge < -0.3 is 15.2 Å². The number of ether oxygens (including phenoxy) is 1. The standard InChI is InChI=1S/C8H15NO3/c1-5-3-7(10)8(11)6(9-5)4-12-2/h5-6,8-9,11H,3-4H2,1-2H3. The van der Waals surface area contributed by atoms with Gasteiger partial charge in [-0.1, -0.05) is 0 Å². The summed E-state index contributed by atoms with van der Waals surface area (Å²) in [7, 11) is 1.55. The van der Waals surface area contributed by atoms with Crippen molar-refractivity contribution in [2.45, 2.75) is 31.5 Å². The molecule has 3 atom stereocenters. The molecule has 4 nitrogen and oxygen atoms in total. The van der Waals surface area contributed by atoms with Crippen LogP contribution in [-0.2, 0) is 9.53 Å². The Morgan fingerprint density at radius 3 is 3.00 bits per heavy atom. The second-order valence-corrected chi connectivity index (χ2v) is 3.24. The molecule has 0 aliphatic carbocycles. The smallest absolute Gasteiger partial charge is 0.164 e. The summed E-state index contributed by atoms with van der Waals surface area (Å²) in [6, 6.07) is -0.104. The fourth-order valence-corrected chi connectivity index (χ4v) is 1.48. The third-order valence-corrected chi connectivity index (χ3v) is 2.06. The number of rotatable bonds is 2. The third-order valence-electron chi connectivity index (χ3n) is 2.06. The van der Waals surface area contributed by atoms with Crippen LogP contribution in [-0.4, -0.2) is 42.8 Å². The van der Waals surface area contributed by atoms with E-state index in [4.69, 9.17) is 4.74 Å². The first-order chi connectivity index (χ1) is 5.65. The van der Waals surface area contributed by atoms with Crippen molar-refractivity contribution in [2.24, 2.45) is 0 Å². The van der Waals surface area contributed by atoms with Gasteiger partial charge in [-0.15, -0.1) is 0 Å². The summed E-state index contributed by atoms with van der Waals surface area (Å²) in [5.41, 5.74) is 0. The number of hydrogen-bond donors (Lipinski definition) is 2. The van der Waals surface area contributed by atoms with Crippen LogP contribution in [0.25, 0.3) is 0 Å². The van der Waals surface area contributed by atoms with E-state index in [0.717, 1.165) is 0 Å². The van der Waals surface area contributed by atoms with Crippen molar-refractivity contribution in [3.63, 3.8) is 0 Å². The highest BCUT2D eigenvalue weighted by molar-refractivity contribution is 5.85. The molecule has 12 heavy (non-hydrogen) atoms. The molecule has 1 heterocycles. The maximum Gasteiger partial charge on any atom is 0.164 e. The zero-order valence-electron chi connectivity index (χ0n) is 7.41. The van der Waals surface area contributed by atoms with E-state index in [-0.39, 0.29) is 17.9 Å². The summed E-state index contributed by atoms with van der Waals surface area (Å²) in [5, 5.41) is 12.5. The quantitative estimate of drug-likeness (QED) is 0.580. The fourth-order valence-electron chi connectivity index (χ4n) is 1.48. The molecule has 0 saturated carbocycles. The Bertz CT molecular complexity index is 172. The van der Waals surface area contributed by atoms with Crippen molar-refractivity contribution in [2.75, 3.05) is 13.7 Å². The van der Waals surface area contributed by atoms with Gasteiger partial charge in [-0.05, 0) is 6.92 Å². The molecule has 0 bridgehead atoms. The number of piperidine rings is 1. The van der Waals surface area contributed by atoms with E-state index < -0.39 is 6.10 Å². The van der Waals surface area contributed by atoms with Crippen LogP contribution >= 0.6 is 0 Å². The van der Waals surface area contributed by atoms with E-state index in [1.54, 1.807) is 7.11 Å². The predicted molar refractivity (Wildman–Crippen MR) is 43.9 cm³/mol.